The summed E-state index contributed by atoms with van der Waals surface area (Å²) in [5.41, 5.74) is 2.35. The van der Waals surface area contributed by atoms with Crippen LogP contribution in [0, 0.1) is 0 Å². The molecule has 1 heterocycles. The maximum absolute atomic E-state index is 12.2. The van der Waals surface area contributed by atoms with Gasteiger partial charge in [-0.25, -0.2) is 9.78 Å². The van der Waals surface area contributed by atoms with E-state index in [4.69, 9.17) is 13.9 Å². The van der Waals surface area contributed by atoms with Gasteiger partial charge in [-0.15, -0.1) is 0 Å². The first-order chi connectivity index (χ1) is 15.7. The lowest BCUT2D eigenvalue weighted by Crippen LogP contribution is -2.30. The SMILES string of the molecule is COc1ccccc1Oc1ccc(NC(=O)NCCc2coc(-c3ccccc3)n2)cc1. The molecule has 0 radical (unpaired) electrons. The van der Waals surface area contributed by atoms with E-state index in [9.17, 15) is 4.79 Å². The number of aromatic nitrogens is 1. The Morgan fingerprint density at radius 1 is 0.938 bits per heavy atom. The van der Waals surface area contributed by atoms with E-state index in [1.54, 1.807) is 37.6 Å². The third kappa shape index (κ3) is 5.46. The standard InChI is InChI=1S/C25H23N3O4/c1-30-22-9-5-6-10-23(22)32-21-13-11-19(12-14-21)28-25(29)26-16-15-20-17-31-24(27-20)18-7-3-2-4-8-18/h2-14,17H,15-16H2,1H3,(H2,26,28,29). The lowest BCUT2D eigenvalue weighted by molar-refractivity contribution is 0.252. The number of carbonyl (C=O) groups is 1. The number of hydrogen-bond donors (Lipinski definition) is 2. The molecule has 0 spiro atoms. The Balaban J connectivity index is 1.24. The minimum Gasteiger partial charge on any atom is -0.493 e. The second-order valence-corrected chi connectivity index (χ2v) is 6.92. The third-order valence-electron chi connectivity index (χ3n) is 4.65. The molecule has 0 saturated carbocycles. The molecule has 32 heavy (non-hydrogen) atoms. The van der Waals surface area contributed by atoms with E-state index in [1.807, 2.05) is 54.6 Å². The van der Waals surface area contributed by atoms with Crippen LogP contribution < -0.4 is 20.1 Å². The van der Waals surface area contributed by atoms with Crippen molar-refractivity contribution in [2.24, 2.45) is 0 Å². The Morgan fingerprint density at radius 3 is 2.41 bits per heavy atom. The quantitative estimate of drug-likeness (QED) is 0.386. The molecule has 0 bridgehead atoms. The van der Waals surface area contributed by atoms with Crippen LogP contribution in [-0.4, -0.2) is 24.7 Å². The van der Waals surface area contributed by atoms with Gasteiger partial charge < -0.3 is 24.5 Å². The maximum atomic E-state index is 12.2. The molecule has 0 aliphatic heterocycles. The van der Waals surface area contributed by atoms with Gasteiger partial charge in [0.2, 0.25) is 5.89 Å². The fraction of sp³-hybridized carbons (Fsp3) is 0.120. The summed E-state index contributed by atoms with van der Waals surface area (Å²) in [5, 5.41) is 5.62. The third-order valence-corrected chi connectivity index (χ3v) is 4.65. The molecule has 0 atom stereocenters. The lowest BCUT2D eigenvalue weighted by atomic mass is 10.2. The van der Waals surface area contributed by atoms with Crippen LogP contribution in [0.2, 0.25) is 0 Å². The zero-order valence-electron chi connectivity index (χ0n) is 17.6. The molecule has 2 N–H and O–H groups in total. The minimum atomic E-state index is -0.296. The number of hydrogen-bond acceptors (Lipinski definition) is 5. The van der Waals surface area contributed by atoms with E-state index in [0.717, 1.165) is 11.3 Å². The van der Waals surface area contributed by atoms with E-state index < -0.39 is 0 Å². The van der Waals surface area contributed by atoms with E-state index in [1.165, 1.54) is 0 Å². The highest BCUT2D eigenvalue weighted by atomic mass is 16.5. The van der Waals surface area contributed by atoms with E-state index in [0.29, 0.717) is 41.8 Å². The number of anilines is 1. The number of benzene rings is 3. The van der Waals surface area contributed by atoms with Gasteiger partial charge in [0, 0.05) is 24.2 Å². The van der Waals surface area contributed by atoms with Gasteiger partial charge in [-0.2, -0.15) is 0 Å². The predicted molar refractivity (Wildman–Crippen MR) is 122 cm³/mol. The van der Waals surface area contributed by atoms with Gasteiger partial charge in [0.15, 0.2) is 11.5 Å². The normalized spacial score (nSPS) is 10.4. The van der Waals surface area contributed by atoms with Gasteiger partial charge in [0.1, 0.15) is 12.0 Å². The van der Waals surface area contributed by atoms with Crippen LogP contribution in [0.4, 0.5) is 10.5 Å². The number of rotatable bonds is 8. The van der Waals surface area contributed by atoms with Crippen LogP contribution >= 0.6 is 0 Å². The topological polar surface area (TPSA) is 85.6 Å². The molecular weight excluding hydrogens is 406 g/mol. The molecule has 0 saturated heterocycles. The van der Waals surface area contributed by atoms with Crippen molar-refractivity contribution in [3.8, 4) is 28.7 Å². The molecule has 0 aliphatic carbocycles. The number of carbonyl (C=O) groups excluding carboxylic acids is 1. The summed E-state index contributed by atoms with van der Waals surface area (Å²) in [4.78, 5) is 16.6. The number of para-hydroxylation sites is 2. The number of nitrogens with zero attached hydrogens (tertiary/aromatic N) is 1. The lowest BCUT2D eigenvalue weighted by Gasteiger charge is -2.11. The van der Waals surface area contributed by atoms with Crippen molar-refractivity contribution < 1.29 is 18.7 Å². The highest BCUT2D eigenvalue weighted by Crippen LogP contribution is 2.31. The van der Waals surface area contributed by atoms with Gasteiger partial charge >= 0.3 is 6.03 Å². The molecule has 7 heteroatoms. The van der Waals surface area contributed by atoms with E-state index >= 15 is 0 Å². The Kier molecular flexibility index (Phi) is 6.67. The van der Waals surface area contributed by atoms with Crippen molar-refractivity contribution in [3.05, 3.63) is 90.8 Å². The number of methoxy groups -OCH3 is 1. The Morgan fingerprint density at radius 2 is 1.66 bits per heavy atom. The van der Waals surface area contributed by atoms with Gasteiger partial charge in [0.25, 0.3) is 0 Å². The first-order valence-corrected chi connectivity index (χ1v) is 10.2. The Bertz CT molecular complexity index is 1160. The van der Waals surface area contributed by atoms with Crippen molar-refractivity contribution in [2.75, 3.05) is 19.0 Å². The van der Waals surface area contributed by atoms with Gasteiger partial charge in [-0.1, -0.05) is 30.3 Å². The van der Waals surface area contributed by atoms with Crippen molar-refractivity contribution in [1.29, 1.82) is 0 Å². The molecule has 1 aromatic heterocycles. The molecule has 7 nitrogen and oxygen atoms in total. The van der Waals surface area contributed by atoms with Crippen LogP contribution in [-0.2, 0) is 6.42 Å². The summed E-state index contributed by atoms with van der Waals surface area (Å²) in [6.45, 7) is 0.432. The maximum Gasteiger partial charge on any atom is 0.319 e. The second-order valence-electron chi connectivity index (χ2n) is 6.92. The molecule has 0 fully saturated rings. The van der Waals surface area contributed by atoms with Gasteiger partial charge in [-0.05, 0) is 48.5 Å². The van der Waals surface area contributed by atoms with E-state index in [2.05, 4.69) is 15.6 Å². The molecular formula is C25H23N3O4. The monoisotopic (exact) mass is 429 g/mol. The average molecular weight is 429 g/mol. The predicted octanol–water partition coefficient (Wildman–Crippen LogP) is 5.51. The highest BCUT2D eigenvalue weighted by molar-refractivity contribution is 5.89. The molecule has 4 aromatic rings. The van der Waals surface area contributed by atoms with Gasteiger partial charge in [-0.3, -0.25) is 0 Å². The molecule has 3 aromatic carbocycles. The van der Waals surface area contributed by atoms with Crippen molar-refractivity contribution >= 4 is 11.7 Å². The number of oxazole rings is 1. The number of urea groups is 1. The number of nitrogens with one attached hydrogen (secondary N) is 2. The Labute approximate surface area is 186 Å². The summed E-state index contributed by atoms with van der Waals surface area (Å²) >= 11 is 0. The highest BCUT2D eigenvalue weighted by Gasteiger charge is 2.08. The molecule has 162 valence electrons. The summed E-state index contributed by atoms with van der Waals surface area (Å²) < 4.78 is 16.6. The van der Waals surface area contributed by atoms with Crippen LogP contribution in [0.15, 0.2) is 89.5 Å². The largest absolute Gasteiger partial charge is 0.493 e. The fourth-order valence-electron chi connectivity index (χ4n) is 3.05. The zero-order chi connectivity index (χ0) is 22.2. The average Bonchev–Trinajstić information content (AvgIpc) is 3.30. The smallest absolute Gasteiger partial charge is 0.319 e. The van der Waals surface area contributed by atoms with E-state index in [-0.39, 0.29) is 6.03 Å². The Hall–Kier alpha value is -4.26. The summed E-state index contributed by atoms with van der Waals surface area (Å²) in [6, 6.07) is 23.9. The van der Waals surface area contributed by atoms with Crippen molar-refractivity contribution in [2.45, 2.75) is 6.42 Å². The zero-order valence-corrected chi connectivity index (χ0v) is 17.6. The number of amides is 2. The van der Waals surface area contributed by atoms with Crippen molar-refractivity contribution in [1.82, 2.24) is 10.3 Å². The number of ether oxygens (including phenoxy) is 2. The van der Waals surface area contributed by atoms with Crippen LogP contribution in [0.5, 0.6) is 17.2 Å². The molecule has 0 unspecified atom stereocenters. The molecule has 2 amide bonds. The van der Waals surface area contributed by atoms with Crippen LogP contribution in [0.1, 0.15) is 5.69 Å². The summed E-state index contributed by atoms with van der Waals surface area (Å²) in [5.74, 6) is 2.48. The summed E-state index contributed by atoms with van der Waals surface area (Å²) in [7, 11) is 1.60. The fourth-order valence-corrected chi connectivity index (χ4v) is 3.05. The molecule has 0 aliphatic rings. The second kappa shape index (κ2) is 10.2. The summed E-state index contributed by atoms with van der Waals surface area (Å²) in [6.07, 6.45) is 2.18. The van der Waals surface area contributed by atoms with Crippen molar-refractivity contribution in [3.63, 3.8) is 0 Å². The van der Waals surface area contributed by atoms with Crippen LogP contribution in [0.25, 0.3) is 11.5 Å². The van der Waals surface area contributed by atoms with Crippen LogP contribution in [0.3, 0.4) is 0 Å². The minimum absolute atomic E-state index is 0.296. The van der Waals surface area contributed by atoms with Gasteiger partial charge in [0.05, 0.1) is 12.8 Å². The molecule has 4 rings (SSSR count). The first kappa shape index (κ1) is 21.0. The first-order valence-electron chi connectivity index (χ1n) is 10.2.